The van der Waals surface area contributed by atoms with Crippen LogP contribution in [-0.4, -0.2) is 43.1 Å². The van der Waals surface area contributed by atoms with Gasteiger partial charge < -0.3 is 5.73 Å². The van der Waals surface area contributed by atoms with Gasteiger partial charge in [-0.15, -0.1) is 0 Å². The molecule has 0 amide bonds. The van der Waals surface area contributed by atoms with Crippen molar-refractivity contribution in [1.29, 1.82) is 0 Å². The Balaban J connectivity index is 2.32. The molecule has 0 bridgehead atoms. The maximum atomic E-state index is 13.8. The predicted octanol–water partition coefficient (Wildman–Crippen LogP) is 2.81. The Hall–Kier alpha value is -1.74. The number of rotatable bonds is 7. The van der Waals surface area contributed by atoms with Crippen LogP contribution in [0.1, 0.15) is 22.5 Å². The lowest BCUT2D eigenvalue weighted by Gasteiger charge is -2.13. The molecule has 27 heavy (non-hydrogen) atoms. The molecule has 0 saturated heterocycles. The standard InChI is InChI=1S/C18H24ClFN4O2S/c1-12-17(9-15(20)7-8-21)13(2)24(22-12)11-14-5-6-16(10-18(14)19)27(25,26)23(3)4/h5-7,10H,8-9,11,21H2,1-4H3. The van der Waals surface area contributed by atoms with E-state index in [-0.39, 0.29) is 23.7 Å². The van der Waals surface area contributed by atoms with Crippen molar-refractivity contribution in [3.05, 3.63) is 57.6 Å². The highest BCUT2D eigenvalue weighted by Gasteiger charge is 2.19. The number of aryl methyl sites for hydroxylation is 1. The summed E-state index contributed by atoms with van der Waals surface area (Å²) in [7, 11) is -0.620. The molecule has 2 N–H and O–H groups in total. The van der Waals surface area contributed by atoms with Crippen LogP contribution in [0.4, 0.5) is 4.39 Å². The van der Waals surface area contributed by atoms with Crippen molar-refractivity contribution in [3.63, 3.8) is 0 Å². The molecule has 0 spiro atoms. The van der Waals surface area contributed by atoms with Gasteiger partial charge in [-0.2, -0.15) is 5.10 Å². The first-order chi connectivity index (χ1) is 12.6. The average Bonchev–Trinajstić information content (AvgIpc) is 2.84. The molecule has 1 heterocycles. The van der Waals surface area contributed by atoms with Crippen LogP contribution in [0.2, 0.25) is 5.02 Å². The first kappa shape index (κ1) is 21.6. The summed E-state index contributed by atoms with van der Waals surface area (Å²) in [5.74, 6) is -0.292. The number of benzene rings is 1. The van der Waals surface area contributed by atoms with Crippen molar-refractivity contribution in [2.24, 2.45) is 5.73 Å². The summed E-state index contributed by atoms with van der Waals surface area (Å²) >= 11 is 6.31. The smallest absolute Gasteiger partial charge is 0.242 e. The molecular weight excluding hydrogens is 391 g/mol. The minimum absolute atomic E-state index is 0.129. The number of aromatic nitrogens is 2. The fourth-order valence-electron chi connectivity index (χ4n) is 2.70. The Bertz CT molecular complexity index is 968. The number of nitrogens with zero attached hydrogens (tertiary/aromatic N) is 3. The Morgan fingerprint density at radius 2 is 2.04 bits per heavy atom. The summed E-state index contributed by atoms with van der Waals surface area (Å²) in [5, 5.41) is 4.80. The minimum Gasteiger partial charge on any atom is -0.327 e. The lowest BCUT2D eigenvalue weighted by Crippen LogP contribution is -2.22. The van der Waals surface area contributed by atoms with E-state index in [4.69, 9.17) is 17.3 Å². The van der Waals surface area contributed by atoms with E-state index >= 15 is 0 Å². The van der Waals surface area contributed by atoms with Gasteiger partial charge in [0.2, 0.25) is 10.0 Å². The van der Waals surface area contributed by atoms with Crippen LogP contribution in [0.3, 0.4) is 0 Å². The van der Waals surface area contributed by atoms with E-state index in [1.807, 2.05) is 13.8 Å². The summed E-state index contributed by atoms with van der Waals surface area (Å²) < 4.78 is 41.1. The topological polar surface area (TPSA) is 81.2 Å². The van der Waals surface area contributed by atoms with Gasteiger partial charge in [-0.05, 0) is 37.6 Å². The van der Waals surface area contributed by atoms with E-state index in [1.165, 1.54) is 32.3 Å². The third kappa shape index (κ3) is 4.76. The quantitative estimate of drug-likeness (QED) is 0.755. The first-order valence-electron chi connectivity index (χ1n) is 8.36. The molecule has 0 radical (unpaired) electrons. The van der Waals surface area contributed by atoms with Crippen LogP contribution in [0.25, 0.3) is 0 Å². The molecule has 0 aliphatic rings. The van der Waals surface area contributed by atoms with Crippen LogP contribution in [-0.2, 0) is 23.0 Å². The summed E-state index contributed by atoms with van der Waals surface area (Å²) in [6.45, 7) is 4.19. The zero-order chi connectivity index (χ0) is 20.4. The molecule has 148 valence electrons. The Kier molecular flexibility index (Phi) is 6.80. The van der Waals surface area contributed by atoms with Gasteiger partial charge >= 0.3 is 0 Å². The molecule has 0 fully saturated rings. The van der Waals surface area contributed by atoms with E-state index in [1.54, 1.807) is 10.7 Å². The van der Waals surface area contributed by atoms with Crippen molar-refractivity contribution in [1.82, 2.24) is 14.1 Å². The Morgan fingerprint density at radius 1 is 1.37 bits per heavy atom. The molecule has 2 rings (SSSR count). The summed E-state index contributed by atoms with van der Waals surface area (Å²) in [4.78, 5) is 0.129. The monoisotopic (exact) mass is 414 g/mol. The van der Waals surface area contributed by atoms with Crippen molar-refractivity contribution >= 4 is 21.6 Å². The molecule has 0 aliphatic heterocycles. The maximum Gasteiger partial charge on any atom is 0.242 e. The van der Waals surface area contributed by atoms with Gasteiger partial charge in [-0.3, -0.25) is 4.68 Å². The summed E-state index contributed by atoms with van der Waals surface area (Å²) in [6.07, 6.45) is 1.49. The summed E-state index contributed by atoms with van der Waals surface area (Å²) in [6, 6.07) is 4.62. The van der Waals surface area contributed by atoms with Gasteiger partial charge in [0.1, 0.15) is 5.83 Å². The highest BCUT2D eigenvalue weighted by molar-refractivity contribution is 7.89. The molecule has 0 saturated carbocycles. The van der Waals surface area contributed by atoms with Crippen LogP contribution < -0.4 is 5.73 Å². The second kappa shape index (κ2) is 8.52. The van der Waals surface area contributed by atoms with E-state index in [0.717, 1.165) is 26.8 Å². The van der Waals surface area contributed by atoms with E-state index in [9.17, 15) is 12.8 Å². The minimum atomic E-state index is -3.55. The molecule has 1 aromatic heterocycles. The number of nitrogens with two attached hydrogens (primary N) is 1. The Morgan fingerprint density at radius 3 is 2.59 bits per heavy atom. The molecule has 1 aromatic carbocycles. The van der Waals surface area contributed by atoms with Gasteiger partial charge in [0, 0.05) is 43.3 Å². The third-order valence-electron chi connectivity index (χ3n) is 4.34. The van der Waals surface area contributed by atoms with Gasteiger partial charge in [0.05, 0.1) is 17.1 Å². The number of hydrogen-bond acceptors (Lipinski definition) is 4. The number of allylic oxidation sites excluding steroid dienone is 1. The zero-order valence-corrected chi connectivity index (χ0v) is 17.4. The van der Waals surface area contributed by atoms with Crippen molar-refractivity contribution < 1.29 is 12.8 Å². The van der Waals surface area contributed by atoms with Crippen LogP contribution in [0, 0.1) is 13.8 Å². The fourth-order valence-corrected chi connectivity index (χ4v) is 3.94. The molecule has 0 atom stereocenters. The highest BCUT2D eigenvalue weighted by Crippen LogP contribution is 2.25. The average molecular weight is 415 g/mol. The lowest BCUT2D eigenvalue weighted by molar-refractivity contribution is 0.520. The van der Waals surface area contributed by atoms with Crippen molar-refractivity contribution in [2.45, 2.75) is 31.7 Å². The van der Waals surface area contributed by atoms with Crippen molar-refractivity contribution in [3.8, 4) is 0 Å². The second-order valence-electron chi connectivity index (χ2n) is 6.41. The van der Waals surface area contributed by atoms with Gasteiger partial charge in [0.15, 0.2) is 0 Å². The predicted molar refractivity (Wildman–Crippen MR) is 105 cm³/mol. The number of sulfonamides is 1. The van der Waals surface area contributed by atoms with E-state index in [2.05, 4.69) is 5.10 Å². The first-order valence-corrected chi connectivity index (χ1v) is 10.2. The SMILES string of the molecule is Cc1nn(Cc2ccc(S(=O)(=O)N(C)C)cc2Cl)c(C)c1CC(F)=CCN. The summed E-state index contributed by atoms with van der Waals surface area (Å²) in [5.41, 5.74) is 8.44. The van der Waals surface area contributed by atoms with Crippen LogP contribution >= 0.6 is 11.6 Å². The second-order valence-corrected chi connectivity index (χ2v) is 8.97. The number of hydrogen-bond donors (Lipinski definition) is 1. The fraction of sp³-hybridized carbons (Fsp3) is 0.389. The molecule has 0 aliphatic carbocycles. The molecule has 0 unspecified atom stereocenters. The number of halogens is 2. The molecule has 9 heteroatoms. The van der Waals surface area contributed by atoms with Gasteiger partial charge in [-0.25, -0.2) is 17.1 Å². The largest absolute Gasteiger partial charge is 0.327 e. The molecular formula is C18H24ClFN4O2S. The Labute approximate surface area is 164 Å². The van der Waals surface area contributed by atoms with Crippen LogP contribution in [0.15, 0.2) is 35.0 Å². The zero-order valence-electron chi connectivity index (χ0n) is 15.8. The molecule has 6 nitrogen and oxygen atoms in total. The maximum absolute atomic E-state index is 13.8. The van der Waals surface area contributed by atoms with Gasteiger partial charge in [0.25, 0.3) is 0 Å². The lowest BCUT2D eigenvalue weighted by atomic mass is 10.1. The van der Waals surface area contributed by atoms with Crippen molar-refractivity contribution in [2.75, 3.05) is 20.6 Å². The van der Waals surface area contributed by atoms with E-state index in [0.29, 0.717) is 11.6 Å². The third-order valence-corrected chi connectivity index (χ3v) is 6.50. The normalized spacial score (nSPS) is 12.8. The highest BCUT2D eigenvalue weighted by atomic mass is 35.5. The van der Waals surface area contributed by atoms with Crippen LogP contribution in [0.5, 0.6) is 0 Å². The van der Waals surface area contributed by atoms with Gasteiger partial charge in [-0.1, -0.05) is 17.7 Å². The van der Waals surface area contributed by atoms with E-state index < -0.39 is 10.0 Å². The molecule has 2 aromatic rings.